The van der Waals surface area contributed by atoms with Gasteiger partial charge >= 0.3 is 0 Å². The second-order valence-corrected chi connectivity index (χ2v) is 23.4. The molecule has 1 aliphatic rings. The normalized spacial score (nSPS) is 13.1. The SMILES string of the molecule is Cc1cc(C)cc(-n2c3ccccc3c3cc(-c4ccc5cc(/C=C/c6ccc7c(c6)C(C)(C)c6cc(/C=C/c8ccc9cc(-c%10ccc%11c(c%10)c%10ccccc%10n%11-c%10cc(C)cc(C)c%10)ccc9c8)ccc6-7)ccc5c4)ccc32)c1. The molecule has 0 saturated heterocycles. The molecule has 2 heteroatoms. The predicted octanol–water partition coefficient (Wildman–Crippen LogP) is 21.4. The molecular formula is C79H60N2. The topological polar surface area (TPSA) is 9.86 Å². The van der Waals surface area contributed by atoms with Crippen molar-refractivity contribution >= 4 is 89.5 Å². The van der Waals surface area contributed by atoms with Crippen LogP contribution in [0.5, 0.6) is 0 Å². The highest BCUT2D eigenvalue weighted by Gasteiger charge is 2.35. The first-order chi connectivity index (χ1) is 39.4. The molecule has 14 aromatic rings. The highest BCUT2D eigenvalue weighted by molar-refractivity contribution is 6.12. The zero-order valence-corrected chi connectivity index (χ0v) is 46.6. The summed E-state index contributed by atoms with van der Waals surface area (Å²) >= 11 is 0. The van der Waals surface area contributed by atoms with Crippen molar-refractivity contribution in [3.63, 3.8) is 0 Å². The van der Waals surface area contributed by atoms with E-state index in [0.29, 0.717) is 0 Å². The average molecular weight is 1040 g/mol. The molecule has 2 heterocycles. The lowest BCUT2D eigenvalue weighted by molar-refractivity contribution is 0.660. The van der Waals surface area contributed by atoms with E-state index in [1.165, 1.54) is 166 Å². The molecule has 12 aromatic carbocycles. The van der Waals surface area contributed by atoms with E-state index < -0.39 is 0 Å². The molecule has 0 fully saturated rings. The first-order valence-electron chi connectivity index (χ1n) is 28.4. The van der Waals surface area contributed by atoms with E-state index in [2.05, 4.69) is 306 Å². The first kappa shape index (κ1) is 48.4. The van der Waals surface area contributed by atoms with Crippen molar-refractivity contribution in [3.8, 4) is 44.8 Å². The van der Waals surface area contributed by atoms with E-state index in [9.17, 15) is 0 Å². The van der Waals surface area contributed by atoms with Crippen LogP contribution in [-0.2, 0) is 5.41 Å². The fraction of sp³-hybridized carbons (Fsp3) is 0.0886. The van der Waals surface area contributed by atoms with Crippen LogP contribution < -0.4 is 0 Å². The van der Waals surface area contributed by atoms with E-state index >= 15 is 0 Å². The predicted molar refractivity (Wildman–Crippen MR) is 348 cm³/mol. The third-order valence-electron chi connectivity index (χ3n) is 17.3. The highest BCUT2D eigenvalue weighted by Crippen LogP contribution is 2.50. The van der Waals surface area contributed by atoms with Gasteiger partial charge in [-0.2, -0.15) is 0 Å². The number of hydrogen-bond donors (Lipinski definition) is 0. The van der Waals surface area contributed by atoms with Gasteiger partial charge in [-0.25, -0.2) is 0 Å². The smallest absolute Gasteiger partial charge is 0.0541 e. The van der Waals surface area contributed by atoms with Crippen molar-refractivity contribution in [2.75, 3.05) is 0 Å². The van der Waals surface area contributed by atoms with Gasteiger partial charge in [0, 0.05) is 38.3 Å². The zero-order valence-electron chi connectivity index (χ0n) is 46.6. The van der Waals surface area contributed by atoms with Crippen molar-refractivity contribution in [2.24, 2.45) is 0 Å². The lowest BCUT2D eigenvalue weighted by Crippen LogP contribution is -2.15. The van der Waals surface area contributed by atoms with Crippen LogP contribution in [0.4, 0.5) is 0 Å². The minimum atomic E-state index is -0.136. The molecule has 0 spiro atoms. The van der Waals surface area contributed by atoms with Crippen molar-refractivity contribution in [1.82, 2.24) is 9.13 Å². The Kier molecular flexibility index (Phi) is 11.2. The van der Waals surface area contributed by atoms with E-state index in [1.54, 1.807) is 0 Å². The maximum Gasteiger partial charge on any atom is 0.0541 e. The minimum Gasteiger partial charge on any atom is -0.309 e. The summed E-state index contributed by atoms with van der Waals surface area (Å²) < 4.78 is 4.83. The lowest BCUT2D eigenvalue weighted by Gasteiger charge is -2.22. The minimum absolute atomic E-state index is 0.136. The number of aryl methyl sites for hydroxylation is 4. The third-order valence-corrected chi connectivity index (χ3v) is 17.3. The number of fused-ring (bicyclic) bond motifs is 11. The van der Waals surface area contributed by atoms with Crippen molar-refractivity contribution in [3.05, 3.63) is 286 Å². The Hall–Kier alpha value is -9.76. The number of aromatic nitrogens is 2. The van der Waals surface area contributed by atoms with Crippen LogP contribution in [0.1, 0.15) is 69.5 Å². The van der Waals surface area contributed by atoms with Gasteiger partial charge in [0.15, 0.2) is 0 Å². The highest BCUT2D eigenvalue weighted by atomic mass is 15.0. The summed E-state index contributed by atoms with van der Waals surface area (Å²) in [5.74, 6) is 0. The van der Waals surface area contributed by atoms with E-state index in [1.807, 2.05) is 0 Å². The molecule has 2 aromatic heterocycles. The van der Waals surface area contributed by atoms with Gasteiger partial charge in [-0.15, -0.1) is 0 Å². The molecule has 15 rings (SSSR count). The molecule has 2 nitrogen and oxygen atoms in total. The van der Waals surface area contributed by atoms with Gasteiger partial charge in [0.25, 0.3) is 0 Å². The summed E-state index contributed by atoms with van der Waals surface area (Å²) in [4.78, 5) is 0. The Morgan fingerprint density at radius 1 is 0.284 bits per heavy atom. The molecule has 0 bridgehead atoms. The van der Waals surface area contributed by atoms with Crippen LogP contribution in [0.25, 0.3) is 134 Å². The molecule has 0 unspecified atom stereocenters. The van der Waals surface area contributed by atoms with E-state index in [0.717, 1.165) is 0 Å². The van der Waals surface area contributed by atoms with Crippen LogP contribution in [-0.4, -0.2) is 9.13 Å². The standard InChI is InChI=1S/C79H60N2/c1-49-35-50(2)38-65(37-49)80-75-13-9-7-11-69(75)71-47-63(29-33-77(71)80)61-27-25-57-41-53(19-23-59(57)45-61)15-17-55-21-31-67-68-32-22-56(44-74(68)79(5,6)73(67)43-55)18-16-54-20-24-60-46-62(28-26-58(60)42-54)64-30-34-78-72(48-64)70-12-8-10-14-76(70)81(78)66-39-51(3)36-52(4)40-66/h7-48H,1-6H3/b17-15+,18-16+. The Morgan fingerprint density at radius 3 is 1.05 bits per heavy atom. The Bertz CT molecular complexity index is 4650. The second kappa shape index (κ2) is 18.7. The van der Waals surface area contributed by atoms with Gasteiger partial charge in [-0.3, -0.25) is 0 Å². The lowest BCUT2D eigenvalue weighted by atomic mass is 9.81. The molecule has 81 heavy (non-hydrogen) atoms. The fourth-order valence-corrected chi connectivity index (χ4v) is 13.5. The number of hydrogen-bond acceptors (Lipinski definition) is 0. The number of para-hydroxylation sites is 2. The van der Waals surface area contributed by atoms with E-state index in [4.69, 9.17) is 0 Å². The van der Waals surface area contributed by atoms with Gasteiger partial charge in [-0.05, 0) is 223 Å². The van der Waals surface area contributed by atoms with Gasteiger partial charge in [-0.1, -0.05) is 184 Å². The number of nitrogens with zero attached hydrogens (tertiary/aromatic N) is 2. The molecule has 0 N–H and O–H groups in total. The maximum atomic E-state index is 2.41. The molecule has 1 aliphatic carbocycles. The van der Waals surface area contributed by atoms with Gasteiger partial charge in [0.2, 0.25) is 0 Å². The molecule has 0 radical (unpaired) electrons. The van der Waals surface area contributed by atoms with Gasteiger partial charge in [0.1, 0.15) is 0 Å². The van der Waals surface area contributed by atoms with Gasteiger partial charge < -0.3 is 9.13 Å². The summed E-state index contributed by atoms with van der Waals surface area (Å²) in [6, 6.07) is 86.5. The molecule has 0 aliphatic heterocycles. The molecule has 0 saturated carbocycles. The van der Waals surface area contributed by atoms with Crippen LogP contribution >= 0.6 is 0 Å². The largest absolute Gasteiger partial charge is 0.309 e. The van der Waals surface area contributed by atoms with Crippen molar-refractivity contribution in [1.29, 1.82) is 0 Å². The Labute approximate surface area is 473 Å². The van der Waals surface area contributed by atoms with Crippen molar-refractivity contribution < 1.29 is 0 Å². The monoisotopic (exact) mass is 1040 g/mol. The van der Waals surface area contributed by atoms with Crippen LogP contribution in [0.15, 0.2) is 231 Å². The van der Waals surface area contributed by atoms with Crippen LogP contribution in [0.2, 0.25) is 0 Å². The quantitative estimate of drug-likeness (QED) is 0.134. The second-order valence-electron chi connectivity index (χ2n) is 23.4. The summed E-state index contributed by atoms with van der Waals surface area (Å²) in [5.41, 5.74) is 27.4. The first-order valence-corrected chi connectivity index (χ1v) is 28.4. The van der Waals surface area contributed by atoms with Crippen LogP contribution in [0, 0.1) is 27.7 Å². The summed E-state index contributed by atoms with van der Waals surface area (Å²) in [6.45, 7) is 13.5. The maximum absolute atomic E-state index is 2.41. The summed E-state index contributed by atoms with van der Waals surface area (Å²) in [6.07, 6.45) is 9.05. The van der Waals surface area contributed by atoms with Gasteiger partial charge in [0.05, 0.1) is 22.1 Å². The molecule has 386 valence electrons. The average Bonchev–Trinajstić information content (AvgIpc) is 4.20. The summed E-state index contributed by atoms with van der Waals surface area (Å²) in [5, 5.41) is 10.0. The number of rotatable bonds is 8. The third kappa shape index (κ3) is 8.32. The van der Waals surface area contributed by atoms with Crippen LogP contribution in [0.3, 0.4) is 0 Å². The summed E-state index contributed by atoms with van der Waals surface area (Å²) in [7, 11) is 0. The number of benzene rings is 12. The zero-order chi connectivity index (χ0) is 54.7. The Balaban J connectivity index is 0.647. The Morgan fingerprint density at radius 2 is 0.617 bits per heavy atom. The fourth-order valence-electron chi connectivity index (χ4n) is 13.5. The van der Waals surface area contributed by atoms with Crippen molar-refractivity contribution in [2.45, 2.75) is 47.0 Å². The molecule has 0 atom stereocenters. The molecular weight excluding hydrogens is 977 g/mol. The van der Waals surface area contributed by atoms with E-state index in [-0.39, 0.29) is 5.41 Å². The molecule has 0 amide bonds.